The highest BCUT2D eigenvalue weighted by atomic mass is 16.5. The number of fused-ring (bicyclic) bond motifs is 1. The summed E-state index contributed by atoms with van der Waals surface area (Å²) in [4.78, 5) is 15.3. The number of rotatable bonds is 6. The van der Waals surface area contributed by atoms with Crippen molar-refractivity contribution in [2.45, 2.75) is 70.4 Å². The Hall–Kier alpha value is -1.60. The number of ether oxygens (including phenoxy) is 1. The molecule has 3 heterocycles. The zero-order valence-electron chi connectivity index (χ0n) is 18.1. The molecule has 7 heteroatoms. The number of hydrogen-bond acceptors (Lipinski definition) is 5. The number of aromatic nitrogens is 2. The predicted molar refractivity (Wildman–Crippen MR) is 114 cm³/mol. The minimum atomic E-state index is -0.0719. The van der Waals surface area contributed by atoms with E-state index in [1.165, 1.54) is 32.1 Å². The first kappa shape index (κ1) is 20.7. The summed E-state index contributed by atoms with van der Waals surface area (Å²) < 4.78 is 7.41. The van der Waals surface area contributed by atoms with Crippen molar-refractivity contribution >= 4 is 11.7 Å². The van der Waals surface area contributed by atoms with Gasteiger partial charge in [-0.1, -0.05) is 19.3 Å². The standard InChI is InChI=1S/C22H37N5O2/c1-22(2)15-19(17-7-4-3-5-8-17)25-20-18(16-24-27(20)22)21(28)23-9-6-10-26-11-13-29-14-12-26/h16-17,19,25H,3-15H2,1-2H3,(H,23,28). The van der Waals surface area contributed by atoms with Crippen LogP contribution in [0.4, 0.5) is 5.82 Å². The highest BCUT2D eigenvalue weighted by molar-refractivity contribution is 5.98. The summed E-state index contributed by atoms with van der Waals surface area (Å²) in [6.07, 6.45) is 10.4. The Balaban J connectivity index is 1.36. The number of anilines is 1. The van der Waals surface area contributed by atoms with Crippen LogP contribution >= 0.6 is 0 Å². The van der Waals surface area contributed by atoms with Gasteiger partial charge in [0.25, 0.3) is 5.91 Å². The van der Waals surface area contributed by atoms with Gasteiger partial charge in [0.05, 0.1) is 24.9 Å². The highest BCUT2D eigenvalue weighted by Gasteiger charge is 2.39. The molecule has 1 amide bonds. The van der Waals surface area contributed by atoms with Crippen molar-refractivity contribution in [2.24, 2.45) is 5.92 Å². The third-order valence-electron chi connectivity index (χ3n) is 6.89. The maximum Gasteiger partial charge on any atom is 0.256 e. The topological polar surface area (TPSA) is 71.4 Å². The Morgan fingerprint density at radius 1 is 1.28 bits per heavy atom. The predicted octanol–water partition coefficient (Wildman–Crippen LogP) is 2.83. The summed E-state index contributed by atoms with van der Waals surface area (Å²) in [7, 11) is 0. The lowest BCUT2D eigenvalue weighted by Crippen LogP contribution is -2.46. The first-order valence-electron chi connectivity index (χ1n) is 11.5. The normalized spacial score (nSPS) is 25.2. The molecule has 1 aliphatic carbocycles. The van der Waals surface area contributed by atoms with Gasteiger partial charge in [0.2, 0.25) is 0 Å². The van der Waals surface area contributed by atoms with E-state index in [1.807, 2.05) is 4.68 Å². The van der Waals surface area contributed by atoms with Gasteiger partial charge >= 0.3 is 0 Å². The smallest absolute Gasteiger partial charge is 0.256 e. The van der Waals surface area contributed by atoms with Crippen LogP contribution in [-0.4, -0.2) is 66.0 Å². The zero-order valence-corrected chi connectivity index (χ0v) is 18.1. The second-order valence-corrected chi connectivity index (χ2v) is 9.55. The molecule has 4 rings (SSSR count). The summed E-state index contributed by atoms with van der Waals surface area (Å²) in [6, 6.07) is 0.433. The van der Waals surface area contributed by atoms with Crippen molar-refractivity contribution in [3.8, 4) is 0 Å². The minimum absolute atomic E-state index is 0.0131. The van der Waals surface area contributed by atoms with Crippen LogP contribution in [0.25, 0.3) is 0 Å². The molecule has 1 atom stereocenters. The van der Waals surface area contributed by atoms with Gasteiger partial charge in [0.1, 0.15) is 11.4 Å². The van der Waals surface area contributed by atoms with E-state index in [4.69, 9.17) is 4.74 Å². The number of hydrogen-bond donors (Lipinski definition) is 2. The van der Waals surface area contributed by atoms with Gasteiger partial charge in [-0.15, -0.1) is 0 Å². The molecule has 7 nitrogen and oxygen atoms in total. The van der Waals surface area contributed by atoms with Crippen LogP contribution in [0.3, 0.4) is 0 Å². The lowest BCUT2D eigenvalue weighted by molar-refractivity contribution is 0.0374. The zero-order chi connectivity index (χ0) is 20.3. The molecule has 2 aliphatic heterocycles. The molecule has 0 bridgehead atoms. The average molecular weight is 404 g/mol. The summed E-state index contributed by atoms with van der Waals surface area (Å²) in [5, 5.41) is 11.4. The summed E-state index contributed by atoms with van der Waals surface area (Å²) in [6.45, 7) is 9.80. The monoisotopic (exact) mass is 403 g/mol. The van der Waals surface area contributed by atoms with Crippen molar-refractivity contribution in [2.75, 3.05) is 44.7 Å². The number of amides is 1. The number of morpholine rings is 1. The molecular weight excluding hydrogens is 366 g/mol. The van der Waals surface area contributed by atoms with Crippen molar-refractivity contribution in [1.82, 2.24) is 20.0 Å². The fourth-order valence-electron chi connectivity index (χ4n) is 5.21. The highest BCUT2D eigenvalue weighted by Crippen LogP contribution is 2.39. The Labute approximate surface area is 174 Å². The van der Waals surface area contributed by atoms with Gasteiger partial charge in [-0.25, -0.2) is 4.68 Å². The van der Waals surface area contributed by atoms with Crippen LogP contribution in [0.15, 0.2) is 6.20 Å². The second-order valence-electron chi connectivity index (χ2n) is 9.55. The fraction of sp³-hybridized carbons (Fsp3) is 0.818. The van der Waals surface area contributed by atoms with Crippen molar-refractivity contribution in [3.05, 3.63) is 11.8 Å². The molecule has 1 aromatic heterocycles. The first-order chi connectivity index (χ1) is 14.0. The van der Waals surface area contributed by atoms with Crippen LogP contribution in [-0.2, 0) is 10.3 Å². The van der Waals surface area contributed by atoms with Crippen molar-refractivity contribution in [1.29, 1.82) is 0 Å². The van der Waals surface area contributed by atoms with E-state index < -0.39 is 0 Å². The number of nitrogens with one attached hydrogen (secondary N) is 2. The van der Waals surface area contributed by atoms with E-state index >= 15 is 0 Å². The van der Waals surface area contributed by atoms with Gasteiger partial charge in [-0.2, -0.15) is 5.10 Å². The SMILES string of the molecule is CC1(C)CC(C2CCCCC2)Nc2c(C(=O)NCCCN3CCOCC3)cnn21. The third-order valence-corrected chi connectivity index (χ3v) is 6.89. The molecule has 1 saturated heterocycles. The molecule has 0 radical (unpaired) electrons. The van der Waals surface area contributed by atoms with Crippen LogP contribution in [0.1, 0.15) is 69.2 Å². The van der Waals surface area contributed by atoms with Crippen molar-refractivity contribution in [3.63, 3.8) is 0 Å². The summed E-state index contributed by atoms with van der Waals surface area (Å²) in [5.41, 5.74) is 0.613. The van der Waals surface area contributed by atoms with Crippen LogP contribution in [0, 0.1) is 5.92 Å². The minimum Gasteiger partial charge on any atom is -0.379 e. The Morgan fingerprint density at radius 3 is 2.79 bits per heavy atom. The Kier molecular flexibility index (Phi) is 6.44. The van der Waals surface area contributed by atoms with Crippen LogP contribution < -0.4 is 10.6 Å². The molecule has 3 aliphatic rings. The lowest BCUT2D eigenvalue weighted by atomic mass is 9.78. The molecule has 0 spiro atoms. The van der Waals surface area contributed by atoms with E-state index in [1.54, 1.807) is 6.20 Å². The van der Waals surface area contributed by atoms with E-state index in [0.29, 0.717) is 24.1 Å². The Bertz CT molecular complexity index is 689. The second kappa shape index (κ2) is 9.04. The largest absolute Gasteiger partial charge is 0.379 e. The molecule has 29 heavy (non-hydrogen) atoms. The van der Waals surface area contributed by atoms with Crippen LogP contribution in [0.2, 0.25) is 0 Å². The first-order valence-corrected chi connectivity index (χ1v) is 11.5. The molecule has 1 unspecified atom stereocenters. The summed E-state index contributed by atoms with van der Waals surface area (Å²) >= 11 is 0. The van der Waals surface area contributed by atoms with Gasteiger partial charge in [0, 0.05) is 25.7 Å². The fourth-order valence-corrected chi connectivity index (χ4v) is 5.21. The molecule has 0 aromatic carbocycles. The van der Waals surface area contributed by atoms with E-state index in [-0.39, 0.29) is 11.4 Å². The quantitative estimate of drug-likeness (QED) is 0.715. The Morgan fingerprint density at radius 2 is 2.03 bits per heavy atom. The van der Waals surface area contributed by atoms with E-state index in [0.717, 1.165) is 51.5 Å². The van der Waals surface area contributed by atoms with Gasteiger partial charge < -0.3 is 15.4 Å². The molecule has 2 fully saturated rings. The summed E-state index contributed by atoms with van der Waals surface area (Å²) in [5.74, 6) is 1.60. The van der Waals surface area contributed by atoms with Gasteiger partial charge in [-0.05, 0) is 52.0 Å². The maximum atomic E-state index is 12.9. The van der Waals surface area contributed by atoms with Crippen LogP contribution in [0.5, 0.6) is 0 Å². The number of carbonyl (C=O) groups is 1. The molecular formula is C22H37N5O2. The number of carbonyl (C=O) groups excluding carboxylic acids is 1. The average Bonchev–Trinajstić information content (AvgIpc) is 3.17. The molecule has 162 valence electrons. The lowest BCUT2D eigenvalue weighted by Gasteiger charge is -2.42. The van der Waals surface area contributed by atoms with Gasteiger partial charge in [-0.3, -0.25) is 9.69 Å². The molecule has 1 saturated carbocycles. The van der Waals surface area contributed by atoms with E-state index in [2.05, 4.69) is 34.5 Å². The third kappa shape index (κ3) is 4.77. The van der Waals surface area contributed by atoms with E-state index in [9.17, 15) is 4.79 Å². The van der Waals surface area contributed by atoms with Crippen molar-refractivity contribution < 1.29 is 9.53 Å². The van der Waals surface area contributed by atoms with Gasteiger partial charge in [0.15, 0.2) is 0 Å². The number of nitrogens with zero attached hydrogens (tertiary/aromatic N) is 3. The maximum absolute atomic E-state index is 12.9. The molecule has 2 N–H and O–H groups in total. The molecule has 1 aromatic rings.